The number of anilines is 1. The van der Waals surface area contributed by atoms with Crippen LogP contribution in [0, 0.1) is 12.3 Å². The lowest BCUT2D eigenvalue weighted by atomic mass is 9.70. The van der Waals surface area contributed by atoms with Crippen LogP contribution in [0.4, 0.5) is 5.69 Å². The van der Waals surface area contributed by atoms with Gasteiger partial charge in [-0.15, -0.1) is 11.3 Å². The van der Waals surface area contributed by atoms with Crippen LogP contribution in [0.2, 0.25) is 0 Å². The van der Waals surface area contributed by atoms with Gasteiger partial charge in [0.2, 0.25) is 5.91 Å². The van der Waals surface area contributed by atoms with E-state index in [1.165, 1.54) is 0 Å². The highest BCUT2D eigenvalue weighted by Gasteiger charge is 2.44. The molecule has 1 aromatic carbocycles. The number of allylic oxidation sites excluding steroid dienone is 2. The molecule has 1 amide bonds. The lowest BCUT2D eigenvalue weighted by molar-refractivity contribution is -0.120. The summed E-state index contributed by atoms with van der Waals surface area (Å²) in [6, 6.07) is 12.0. The first kappa shape index (κ1) is 17.2. The zero-order valence-electron chi connectivity index (χ0n) is 15.4. The molecule has 4 rings (SSSR count). The summed E-state index contributed by atoms with van der Waals surface area (Å²) in [6.45, 7) is 6.26. The maximum atomic E-state index is 13.1. The van der Waals surface area contributed by atoms with Crippen LogP contribution in [0.1, 0.15) is 49.5 Å². The number of nitrogens with zero attached hydrogens (tertiary/aromatic N) is 1. The van der Waals surface area contributed by atoms with Crippen molar-refractivity contribution < 1.29 is 9.59 Å². The molecule has 1 aliphatic carbocycles. The topological polar surface area (TPSA) is 37.4 Å². The van der Waals surface area contributed by atoms with Crippen LogP contribution < -0.4 is 4.90 Å². The maximum Gasteiger partial charge on any atom is 0.232 e. The first-order valence-corrected chi connectivity index (χ1v) is 9.93. The smallest absolute Gasteiger partial charge is 0.232 e. The lowest BCUT2D eigenvalue weighted by Gasteiger charge is -2.42. The average molecular weight is 365 g/mol. The largest absolute Gasteiger partial charge is 0.294 e. The first-order chi connectivity index (χ1) is 12.4. The van der Waals surface area contributed by atoms with Gasteiger partial charge in [0.1, 0.15) is 0 Å². The molecule has 4 heteroatoms. The number of benzene rings is 1. The molecule has 0 fully saturated rings. The van der Waals surface area contributed by atoms with Gasteiger partial charge in [0, 0.05) is 40.6 Å². The normalized spacial score (nSPS) is 22.6. The van der Waals surface area contributed by atoms with Crippen LogP contribution in [0.15, 0.2) is 53.0 Å². The third kappa shape index (κ3) is 2.92. The Morgan fingerprint density at radius 2 is 1.81 bits per heavy atom. The third-order valence-electron chi connectivity index (χ3n) is 5.32. The van der Waals surface area contributed by atoms with Gasteiger partial charge in [-0.05, 0) is 42.3 Å². The molecule has 1 atom stereocenters. The zero-order valence-corrected chi connectivity index (χ0v) is 16.2. The van der Waals surface area contributed by atoms with E-state index in [4.69, 9.17) is 0 Å². The SMILES string of the molecule is Cc1ccc(N2C(=O)CC(c3cccs3)C3=C2CC(C)(C)CC3=O)cc1. The maximum absolute atomic E-state index is 13.1. The molecule has 0 bridgehead atoms. The molecule has 0 spiro atoms. The van der Waals surface area contributed by atoms with Crippen LogP contribution in [0.5, 0.6) is 0 Å². The Morgan fingerprint density at radius 1 is 1.08 bits per heavy atom. The van der Waals surface area contributed by atoms with E-state index in [0.717, 1.165) is 33.8 Å². The highest BCUT2D eigenvalue weighted by atomic mass is 32.1. The van der Waals surface area contributed by atoms with Crippen molar-refractivity contribution in [2.75, 3.05) is 4.90 Å². The fourth-order valence-electron chi connectivity index (χ4n) is 4.14. The minimum absolute atomic E-state index is 0.0801. The number of hydrogen-bond acceptors (Lipinski definition) is 3. The van der Waals surface area contributed by atoms with E-state index in [0.29, 0.717) is 12.8 Å². The Labute approximate surface area is 158 Å². The van der Waals surface area contributed by atoms with Crippen molar-refractivity contribution in [2.24, 2.45) is 5.41 Å². The Hall–Kier alpha value is -2.20. The van der Waals surface area contributed by atoms with Gasteiger partial charge in [-0.25, -0.2) is 0 Å². The molecular weight excluding hydrogens is 342 g/mol. The van der Waals surface area contributed by atoms with Crippen molar-refractivity contribution in [3.8, 4) is 0 Å². The summed E-state index contributed by atoms with van der Waals surface area (Å²) in [5, 5.41) is 2.02. The van der Waals surface area contributed by atoms with E-state index in [2.05, 4.69) is 13.8 Å². The molecule has 2 aliphatic rings. The third-order valence-corrected chi connectivity index (χ3v) is 6.31. The van der Waals surface area contributed by atoms with Gasteiger partial charge >= 0.3 is 0 Å². The van der Waals surface area contributed by atoms with Gasteiger partial charge in [-0.3, -0.25) is 14.5 Å². The summed E-state index contributed by atoms with van der Waals surface area (Å²) in [5.74, 6) is 0.179. The number of amides is 1. The van der Waals surface area contributed by atoms with E-state index in [1.54, 1.807) is 16.2 Å². The Balaban J connectivity index is 1.89. The second kappa shape index (κ2) is 6.20. The van der Waals surface area contributed by atoms with Crippen LogP contribution in [-0.2, 0) is 9.59 Å². The second-order valence-electron chi connectivity index (χ2n) is 8.14. The van der Waals surface area contributed by atoms with Crippen LogP contribution in [0.3, 0.4) is 0 Å². The summed E-state index contributed by atoms with van der Waals surface area (Å²) in [4.78, 5) is 29.2. The number of hydrogen-bond donors (Lipinski definition) is 0. The molecule has 1 aromatic heterocycles. The number of rotatable bonds is 2. The van der Waals surface area contributed by atoms with Crippen LogP contribution in [0.25, 0.3) is 0 Å². The molecule has 3 nitrogen and oxygen atoms in total. The molecule has 0 radical (unpaired) electrons. The van der Waals surface area contributed by atoms with Crippen LogP contribution in [-0.4, -0.2) is 11.7 Å². The molecule has 1 unspecified atom stereocenters. The quantitative estimate of drug-likeness (QED) is 0.732. The van der Waals surface area contributed by atoms with E-state index in [-0.39, 0.29) is 23.0 Å². The Kier molecular flexibility index (Phi) is 4.11. The highest BCUT2D eigenvalue weighted by Crippen LogP contribution is 2.48. The molecule has 0 saturated carbocycles. The standard InChI is InChI=1S/C22H23NO2S/c1-14-6-8-15(9-7-14)23-17-12-22(2,3)13-18(24)21(17)16(11-20(23)25)19-5-4-10-26-19/h4-10,16H,11-13H2,1-3H3. The lowest BCUT2D eigenvalue weighted by Crippen LogP contribution is -2.43. The molecular formula is C22H23NO2S. The second-order valence-corrected chi connectivity index (χ2v) is 9.12. The zero-order chi connectivity index (χ0) is 18.5. The predicted octanol–water partition coefficient (Wildman–Crippen LogP) is 5.22. The minimum atomic E-state index is -0.128. The summed E-state index contributed by atoms with van der Waals surface area (Å²) >= 11 is 1.63. The highest BCUT2D eigenvalue weighted by molar-refractivity contribution is 7.10. The molecule has 26 heavy (non-hydrogen) atoms. The van der Waals surface area contributed by atoms with Crippen molar-refractivity contribution in [3.05, 3.63) is 63.5 Å². The molecule has 0 N–H and O–H groups in total. The minimum Gasteiger partial charge on any atom is -0.294 e. The van der Waals surface area contributed by atoms with E-state index in [1.807, 2.05) is 48.7 Å². The van der Waals surface area contributed by atoms with Gasteiger partial charge in [0.15, 0.2) is 5.78 Å². The van der Waals surface area contributed by atoms with Gasteiger partial charge in [0.25, 0.3) is 0 Å². The Morgan fingerprint density at radius 3 is 2.46 bits per heavy atom. The summed E-state index contributed by atoms with van der Waals surface area (Å²) in [5.41, 5.74) is 3.65. The van der Waals surface area contributed by atoms with E-state index >= 15 is 0 Å². The van der Waals surface area contributed by atoms with Gasteiger partial charge in [-0.1, -0.05) is 37.6 Å². The predicted molar refractivity (Wildman–Crippen MR) is 105 cm³/mol. The van der Waals surface area contributed by atoms with Crippen molar-refractivity contribution in [3.63, 3.8) is 0 Å². The molecule has 134 valence electrons. The summed E-state index contributed by atoms with van der Waals surface area (Å²) < 4.78 is 0. The van der Waals surface area contributed by atoms with Crippen molar-refractivity contribution in [1.82, 2.24) is 0 Å². The van der Waals surface area contributed by atoms with Gasteiger partial charge in [-0.2, -0.15) is 0 Å². The van der Waals surface area contributed by atoms with Crippen molar-refractivity contribution >= 4 is 28.7 Å². The number of aryl methyl sites for hydroxylation is 1. The van der Waals surface area contributed by atoms with Gasteiger partial charge < -0.3 is 0 Å². The van der Waals surface area contributed by atoms with Crippen molar-refractivity contribution in [2.45, 2.75) is 46.0 Å². The molecule has 1 aliphatic heterocycles. The fourth-order valence-corrected chi connectivity index (χ4v) is 4.98. The Bertz CT molecular complexity index is 891. The van der Waals surface area contributed by atoms with Gasteiger partial charge in [0.05, 0.1) is 0 Å². The number of carbonyl (C=O) groups is 2. The monoisotopic (exact) mass is 365 g/mol. The molecule has 2 aromatic rings. The van der Waals surface area contributed by atoms with Crippen molar-refractivity contribution in [1.29, 1.82) is 0 Å². The summed E-state index contributed by atoms with van der Waals surface area (Å²) in [7, 11) is 0. The van der Waals surface area contributed by atoms with E-state index in [9.17, 15) is 9.59 Å². The molecule has 0 saturated heterocycles. The number of Topliss-reactive ketones (excluding diaryl/α,β-unsaturated/α-hetero) is 1. The number of ketones is 1. The average Bonchev–Trinajstić information content (AvgIpc) is 3.08. The first-order valence-electron chi connectivity index (χ1n) is 9.05. The summed E-state index contributed by atoms with van der Waals surface area (Å²) in [6.07, 6.45) is 1.65. The number of carbonyl (C=O) groups excluding carboxylic acids is 2. The van der Waals surface area contributed by atoms with Crippen LogP contribution >= 0.6 is 11.3 Å². The van der Waals surface area contributed by atoms with E-state index < -0.39 is 0 Å². The fraction of sp³-hybridized carbons (Fsp3) is 0.364. The molecule has 2 heterocycles. The number of thiophene rings is 1.